The summed E-state index contributed by atoms with van der Waals surface area (Å²) >= 11 is 1.62. The van der Waals surface area contributed by atoms with Gasteiger partial charge in [-0.15, -0.1) is 0 Å². The largest absolute Gasteiger partial charge is 0.351 e. The molecule has 23 heavy (non-hydrogen) atoms. The highest BCUT2D eigenvalue weighted by Gasteiger charge is 2.20. The van der Waals surface area contributed by atoms with Crippen LogP contribution in [-0.2, 0) is 6.54 Å². The molecule has 118 valence electrons. The van der Waals surface area contributed by atoms with Crippen molar-refractivity contribution < 1.29 is 9.32 Å². The predicted molar refractivity (Wildman–Crippen MR) is 90.6 cm³/mol. The summed E-state index contributed by atoms with van der Waals surface area (Å²) < 4.78 is 5.27. The van der Waals surface area contributed by atoms with E-state index >= 15 is 0 Å². The van der Waals surface area contributed by atoms with Crippen molar-refractivity contribution in [1.82, 2.24) is 10.1 Å². The van der Waals surface area contributed by atoms with E-state index < -0.39 is 0 Å². The zero-order chi connectivity index (χ0) is 16.2. The van der Waals surface area contributed by atoms with E-state index in [0.717, 1.165) is 16.8 Å². The van der Waals surface area contributed by atoms with Crippen LogP contribution in [0.3, 0.4) is 0 Å². The third-order valence-electron chi connectivity index (χ3n) is 3.83. The van der Waals surface area contributed by atoms with Gasteiger partial charge in [0.05, 0.1) is 5.69 Å². The van der Waals surface area contributed by atoms with Gasteiger partial charge >= 0.3 is 0 Å². The number of aromatic nitrogens is 1. The molecule has 0 fully saturated rings. The first-order chi connectivity index (χ1) is 11.1. The number of carbonyl (C=O) groups is 1. The van der Waals surface area contributed by atoms with Gasteiger partial charge in [-0.1, -0.05) is 42.4 Å². The fourth-order valence-corrected chi connectivity index (χ4v) is 3.08. The maximum Gasteiger partial charge on any atom is 0.292 e. The van der Waals surface area contributed by atoms with Crippen LogP contribution in [0.4, 0.5) is 0 Å². The van der Waals surface area contributed by atoms with Crippen LogP contribution in [0.1, 0.15) is 40.2 Å². The summed E-state index contributed by atoms with van der Waals surface area (Å²) in [5, 5.41) is 8.11. The Bertz CT molecular complexity index is 765. The van der Waals surface area contributed by atoms with E-state index in [-0.39, 0.29) is 17.6 Å². The molecule has 3 aromatic rings. The molecule has 0 aliphatic rings. The lowest BCUT2D eigenvalue weighted by atomic mass is 9.98. The number of amides is 1. The monoisotopic (exact) mass is 326 g/mol. The van der Waals surface area contributed by atoms with E-state index in [1.807, 2.05) is 47.2 Å². The van der Waals surface area contributed by atoms with Gasteiger partial charge in [0.1, 0.15) is 0 Å². The molecule has 4 nitrogen and oxygen atoms in total. The molecule has 2 aromatic heterocycles. The molecule has 0 unspecified atom stereocenters. The maximum absolute atomic E-state index is 12.4. The number of benzene rings is 1. The Morgan fingerprint density at radius 2 is 2.09 bits per heavy atom. The van der Waals surface area contributed by atoms with Crippen LogP contribution in [0.15, 0.2) is 57.7 Å². The predicted octanol–water partition coefficient (Wildman–Crippen LogP) is 4.16. The molecular weight excluding hydrogens is 308 g/mol. The van der Waals surface area contributed by atoms with Crippen LogP contribution >= 0.6 is 11.3 Å². The molecule has 0 saturated heterocycles. The molecule has 0 saturated carbocycles. The van der Waals surface area contributed by atoms with Crippen molar-refractivity contribution in [2.24, 2.45) is 0 Å². The normalized spacial score (nSPS) is 12.1. The minimum Gasteiger partial charge on any atom is -0.351 e. The van der Waals surface area contributed by atoms with Crippen molar-refractivity contribution in [2.75, 3.05) is 7.05 Å². The number of carbonyl (C=O) groups excluding carboxylic acids is 1. The van der Waals surface area contributed by atoms with Crippen molar-refractivity contribution >= 4 is 17.2 Å². The summed E-state index contributed by atoms with van der Waals surface area (Å²) in [5.41, 5.74) is 3.03. The first-order valence-corrected chi connectivity index (χ1v) is 8.37. The Morgan fingerprint density at radius 1 is 1.30 bits per heavy atom. The molecule has 5 heteroatoms. The third-order valence-corrected chi connectivity index (χ3v) is 4.56. The Hall–Kier alpha value is -2.40. The molecule has 1 atom stereocenters. The fraction of sp³-hybridized carbons (Fsp3) is 0.222. The van der Waals surface area contributed by atoms with Crippen molar-refractivity contribution in [3.05, 3.63) is 75.8 Å². The SMILES string of the molecule is C[C@H](c1ccccc1)c1cc(C(=O)N(C)Cc2ccsc2)on1. The van der Waals surface area contributed by atoms with Gasteiger partial charge < -0.3 is 9.42 Å². The highest BCUT2D eigenvalue weighted by Crippen LogP contribution is 2.24. The van der Waals surface area contributed by atoms with Gasteiger partial charge in [0.25, 0.3) is 5.91 Å². The van der Waals surface area contributed by atoms with Gasteiger partial charge in [0.2, 0.25) is 5.76 Å². The molecule has 0 N–H and O–H groups in total. The van der Waals surface area contributed by atoms with E-state index in [9.17, 15) is 4.79 Å². The van der Waals surface area contributed by atoms with Crippen LogP contribution in [0.25, 0.3) is 0 Å². The number of nitrogens with zero attached hydrogens (tertiary/aromatic N) is 2. The summed E-state index contributed by atoms with van der Waals surface area (Å²) in [5.74, 6) is 0.208. The van der Waals surface area contributed by atoms with Crippen molar-refractivity contribution in [3.8, 4) is 0 Å². The molecule has 0 spiro atoms. The van der Waals surface area contributed by atoms with E-state index in [2.05, 4.69) is 12.1 Å². The molecule has 0 aliphatic carbocycles. The lowest BCUT2D eigenvalue weighted by molar-refractivity contribution is 0.0743. The van der Waals surface area contributed by atoms with Gasteiger partial charge in [-0.05, 0) is 28.0 Å². The standard InChI is InChI=1S/C18H18N2O2S/c1-13(15-6-4-3-5-7-15)16-10-17(22-19-16)18(21)20(2)11-14-8-9-23-12-14/h3-10,12-13H,11H2,1-2H3/t13-/m1/s1. The van der Waals surface area contributed by atoms with E-state index in [4.69, 9.17) is 4.52 Å². The summed E-state index contributed by atoms with van der Waals surface area (Å²) in [6.45, 7) is 2.61. The number of hydrogen-bond donors (Lipinski definition) is 0. The summed E-state index contributed by atoms with van der Waals surface area (Å²) in [6.07, 6.45) is 0. The van der Waals surface area contributed by atoms with Crippen LogP contribution in [0, 0.1) is 0 Å². The highest BCUT2D eigenvalue weighted by molar-refractivity contribution is 7.07. The molecule has 0 bridgehead atoms. The lowest BCUT2D eigenvalue weighted by Gasteiger charge is -2.14. The summed E-state index contributed by atoms with van der Waals surface area (Å²) in [6, 6.07) is 13.8. The maximum atomic E-state index is 12.4. The smallest absolute Gasteiger partial charge is 0.292 e. The fourth-order valence-electron chi connectivity index (χ4n) is 2.42. The number of hydrogen-bond acceptors (Lipinski definition) is 4. The molecule has 0 aliphatic heterocycles. The minimum atomic E-state index is -0.157. The molecule has 1 amide bonds. The van der Waals surface area contributed by atoms with Crippen molar-refractivity contribution in [2.45, 2.75) is 19.4 Å². The van der Waals surface area contributed by atoms with E-state index in [0.29, 0.717) is 6.54 Å². The number of rotatable bonds is 5. The van der Waals surface area contributed by atoms with Crippen LogP contribution in [-0.4, -0.2) is 23.0 Å². The second-order valence-electron chi connectivity index (χ2n) is 5.54. The topological polar surface area (TPSA) is 46.3 Å². The second kappa shape index (κ2) is 6.79. The Balaban J connectivity index is 1.72. The molecular formula is C18H18N2O2S. The Kier molecular flexibility index (Phi) is 4.57. The Labute approximate surface area is 139 Å². The third kappa shape index (κ3) is 3.51. The van der Waals surface area contributed by atoms with E-state index in [1.54, 1.807) is 29.4 Å². The van der Waals surface area contributed by atoms with Crippen molar-refractivity contribution in [3.63, 3.8) is 0 Å². The number of thiophene rings is 1. The summed E-state index contributed by atoms with van der Waals surface area (Å²) in [4.78, 5) is 14.1. The van der Waals surface area contributed by atoms with Crippen molar-refractivity contribution in [1.29, 1.82) is 0 Å². The van der Waals surface area contributed by atoms with Crippen LogP contribution < -0.4 is 0 Å². The zero-order valence-electron chi connectivity index (χ0n) is 13.1. The molecule has 1 aromatic carbocycles. The van der Waals surface area contributed by atoms with Gasteiger partial charge in [-0.3, -0.25) is 4.79 Å². The van der Waals surface area contributed by atoms with Gasteiger partial charge in [-0.2, -0.15) is 11.3 Å². The van der Waals surface area contributed by atoms with Gasteiger partial charge in [0, 0.05) is 25.6 Å². The molecule has 2 heterocycles. The second-order valence-corrected chi connectivity index (χ2v) is 6.32. The average Bonchev–Trinajstić information content (AvgIpc) is 3.26. The highest BCUT2D eigenvalue weighted by atomic mass is 32.1. The van der Waals surface area contributed by atoms with Crippen LogP contribution in [0.5, 0.6) is 0 Å². The Morgan fingerprint density at radius 3 is 2.78 bits per heavy atom. The zero-order valence-corrected chi connectivity index (χ0v) is 13.9. The average molecular weight is 326 g/mol. The minimum absolute atomic E-state index is 0.0867. The molecule has 3 rings (SSSR count). The van der Waals surface area contributed by atoms with E-state index in [1.165, 1.54) is 0 Å². The first-order valence-electron chi connectivity index (χ1n) is 7.43. The first kappa shape index (κ1) is 15.5. The van der Waals surface area contributed by atoms with Crippen LogP contribution in [0.2, 0.25) is 0 Å². The lowest BCUT2D eigenvalue weighted by Crippen LogP contribution is -2.25. The summed E-state index contributed by atoms with van der Waals surface area (Å²) in [7, 11) is 1.77. The van der Waals surface area contributed by atoms with Gasteiger partial charge in [0.15, 0.2) is 0 Å². The molecule has 0 radical (unpaired) electrons. The van der Waals surface area contributed by atoms with Gasteiger partial charge in [-0.25, -0.2) is 0 Å². The quantitative estimate of drug-likeness (QED) is 0.707.